The molecule has 3 rings (SSSR count). The van der Waals surface area contributed by atoms with Gasteiger partial charge in [0, 0.05) is 18.0 Å². The minimum absolute atomic E-state index is 0.180. The molecule has 0 fully saturated rings. The molecule has 1 N–H and O–H groups in total. The fourth-order valence-corrected chi connectivity index (χ4v) is 2.92. The zero-order chi connectivity index (χ0) is 14.1. The SMILES string of the molecule is O=C(NCC1Cc2ccccc21)c1cc(Cl)nc(Cl)c1. The van der Waals surface area contributed by atoms with Gasteiger partial charge < -0.3 is 5.32 Å². The molecule has 0 bridgehead atoms. The molecule has 5 heteroatoms. The van der Waals surface area contributed by atoms with Gasteiger partial charge >= 0.3 is 0 Å². The predicted molar refractivity (Wildman–Crippen MR) is 79.5 cm³/mol. The molecule has 0 aliphatic heterocycles. The summed E-state index contributed by atoms with van der Waals surface area (Å²) in [4.78, 5) is 15.9. The molecular weight excluding hydrogens is 295 g/mol. The topological polar surface area (TPSA) is 42.0 Å². The molecule has 1 aliphatic rings. The Labute approximate surface area is 126 Å². The van der Waals surface area contributed by atoms with Crippen LogP contribution in [0.5, 0.6) is 0 Å². The van der Waals surface area contributed by atoms with E-state index in [0.29, 0.717) is 18.0 Å². The number of pyridine rings is 1. The molecule has 1 heterocycles. The highest BCUT2D eigenvalue weighted by molar-refractivity contribution is 6.33. The number of aromatic nitrogens is 1. The van der Waals surface area contributed by atoms with E-state index in [1.54, 1.807) is 0 Å². The highest BCUT2D eigenvalue weighted by Gasteiger charge is 2.25. The standard InChI is InChI=1S/C15H12Cl2N2O/c16-13-6-10(7-14(17)19-13)15(20)18-8-11-5-9-3-1-2-4-12(9)11/h1-4,6-7,11H,5,8H2,(H,18,20). The van der Waals surface area contributed by atoms with Crippen molar-refractivity contribution in [3.05, 3.63) is 63.4 Å². The molecular formula is C15H12Cl2N2O. The largest absolute Gasteiger partial charge is 0.351 e. The Kier molecular flexibility index (Phi) is 3.64. The van der Waals surface area contributed by atoms with Crippen LogP contribution in [-0.2, 0) is 6.42 Å². The monoisotopic (exact) mass is 306 g/mol. The molecule has 1 amide bonds. The summed E-state index contributed by atoms with van der Waals surface area (Å²) in [7, 11) is 0. The van der Waals surface area contributed by atoms with E-state index in [9.17, 15) is 4.79 Å². The van der Waals surface area contributed by atoms with E-state index in [4.69, 9.17) is 23.2 Å². The number of carbonyl (C=O) groups excluding carboxylic acids is 1. The summed E-state index contributed by atoms with van der Waals surface area (Å²) < 4.78 is 0. The summed E-state index contributed by atoms with van der Waals surface area (Å²) >= 11 is 11.6. The first-order valence-electron chi connectivity index (χ1n) is 6.32. The van der Waals surface area contributed by atoms with Crippen molar-refractivity contribution < 1.29 is 4.79 Å². The first-order chi connectivity index (χ1) is 9.63. The molecule has 0 spiro atoms. The van der Waals surface area contributed by atoms with Gasteiger partial charge in [-0.05, 0) is 29.7 Å². The van der Waals surface area contributed by atoms with Crippen LogP contribution in [0, 0.1) is 0 Å². The maximum atomic E-state index is 12.0. The van der Waals surface area contributed by atoms with Crippen LogP contribution in [0.4, 0.5) is 0 Å². The van der Waals surface area contributed by atoms with Gasteiger partial charge in [0.1, 0.15) is 10.3 Å². The molecule has 0 radical (unpaired) electrons. The number of halogens is 2. The third kappa shape index (κ3) is 2.65. The Morgan fingerprint density at radius 2 is 1.95 bits per heavy atom. The maximum Gasteiger partial charge on any atom is 0.251 e. The second-order valence-electron chi connectivity index (χ2n) is 4.81. The first kappa shape index (κ1) is 13.4. The Morgan fingerprint density at radius 3 is 2.65 bits per heavy atom. The van der Waals surface area contributed by atoms with Crippen molar-refractivity contribution in [2.45, 2.75) is 12.3 Å². The van der Waals surface area contributed by atoms with E-state index in [2.05, 4.69) is 22.4 Å². The zero-order valence-electron chi connectivity index (χ0n) is 10.6. The lowest BCUT2D eigenvalue weighted by Crippen LogP contribution is -2.33. The smallest absolute Gasteiger partial charge is 0.251 e. The lowest BCUT2D eigenvalue weighted by atomic mass is 9.77. The van der Waals surface area contributed by atoms with Crippen LogP contribution in [0.2, 0.25) is 10.3 Å². The average Bonchev–Trinajstić information content (AvgIpc) is 2.38. The molecule has 1 aliphatic carbocycles. The zero-order valence-corrected chi connectivity index (χ0v) is 12.1. The number of nitrogens with one attached hydrogen (secondary N) is 1. The number of carbonyl (C=O) groups is 1. The Morgan fingerprint density at radius 1 is 1.25 bits per heavy atom. The quantitative estimate of drug-likeness (QED) is 0.882. The molecule has 3 nitrogen and oxygen atoms in total. The van der Waals surface area contributed by atoms with Gasteiger partial charge in [0.05, 0.1) is 0 Å². The van der Waals surface area contributed by atoms with E-state index in [1.807, 2.05) is 12.1 Å². The van der Waals surface area contributed by atoms with Gasteiger partial charge in [-0.1, -0.05) is 47.5 Å². The molecule has 20 heavy (non-hydrogen) atoms. The third-order valence-corrected chi connectivity index (χ3v) is 3.88. The predicted octanol–water partition coefficient (Wildman–Crippen LogP) is 3.46. The number of benzene rings is 1. The van der Waals surface area contributed by atoms with E-state index >= 15 is 0 Å². The van der Waals surface area contributed by atoms with Crippen LogP contribution >= 0.6 is 23.2 Å². The molecule has 102 valence electrons. The second kappa shape index (κ2) is 5.43. The summed E-state index contributed by atoms with van der Waals surface area (Å²) in [6.45, 7) is 0.618. The van der Waals surface area contributed by atoms with Gasteiger partial charge in [-0.3, -0.25) is 4.79 Å². The molecule has 0 saturated heterocycles. The highest BCUT2D eigenvalue weighted by Crippen LogP contribution is 2.34. The van der Waals surface area contributed by atoms with Gasteiger partial charge in [0.15, 0.2) is 0 Å². The molecule has 1 atom stereocenters. The van der Waals surface area contributed by atoms with Crippen LogP contribution < -0.4 is 5.32 Å². The normalized spacial score (nSPS) is 16.2. The van der Waals surface area contributed by atoms with Crippen molar-refractivity contribution >= 4 is 29.1 Å². The third-order valence-electron chi connectivity index (χ3n) is 3.50. The minimum atomic E-state index is -0.180. The van der Waals surface area contributed by atoms with Crippen molar-refractivity contribution in [1.29, 1.82) is 0 Å². The lowest BCUT2D eigenvalue weighted by Gasteiger charge is -2.30. The van der Waals surface area contributed by atoms with Crippen LogP contribution in [0.15, 0.2) is 36.4 Å². The summed E-state index contributed by atoms with van der Waals surface area (Å²) in [5.74, 6) is 0.212. The van der Waals surface area contributed by atoms with E-state index in [0.717, 1.165) is 6.42 Å². The van der Waals surface area contributed by atoms with Gasteiger partial charge in [0.25, 0.3) is 5.91 Å². The summed E-state index contributed by atoms with van der Waals surface area (Å²) in [6.07, 6.45) is 1.01. The fourth-order valence-electron chi connectivity index (χ4n) is 2.46. The van der Waals surface area contributed by atoms with Crippen molar-refractivity contribution in [2.24, 2.45) is 0 Å². The van der Waals surface area contributed by atoms with Gasteiger partial charge in [-0.15, -0.1) is 0 Å². The minimum Gasteiger partial charge on any atom is -0.351 e. The number of nitrogens with zero attached hydrogens (tertiary/aromatic N) is 1. The highest BCUT2D eigenvalue weighted by atomic mass is 35.5. The van der Waals surface area contributed by atoms with Crippen molar-refractivity contribution in [3.8, 4) is 0 Å². The average molecular weight is 307 g/mol. The summed E-state index contributed by atoms with van der Waals surface area (Å²) in [6, 6.07) is 11.3. The van der Waals surface area contributed by atoms with E-state index in [1.165, 1.54) is 23.3 Å². The Balaban J connectivity index is 1.64. The van der Waals surface area contributed by atoms with Crippen LogP contribution in [0.25, 0.3) is 0 Å². The van der Waals surface area contributed by atoms with Gasteiger partial charge in [-0.25, -0.2) is 4.98 Å². The second-order valence-corrected chi connectivity index (χ2v) is 5.59. The van der Waals surface area contributed by atoms with Crippen molar-refractivity contribution in [1.82, 2.24) is 10.3 Å². The first-order valence-corrected chi connectivity index (χ1v) is 7.08. The van der Waals surface area contributed by atoms with E-state index in [-0.39, 0.29) is 16.2 Å². The number of fused-ring (bicyclic) bond motifs is 1. The molecule has 1 unspecified atom stereocenters. The molecule has 1 aromatic heterocycles. The van der Waals surface area contributed by atoms with Gasteiger partial charge in [0.2, 0.25) is 0 Å². The molecule has 0 saturated carbocycles. The Hall–Kier alpha value is -1.58. The molecule has 1 aromatic carbocycles. The summed E-state index contributed by atoms with van der Waals surface area (Å²) in [5.41, 5.74) is 3.11. The summed E-state index contributed by atoms with van der Waals surface area (Å²) in [5, 5.41) is 3.35. The number of hydrogen-bond acceptors (Lipinski definition) is 2. The maximum absolute atomic E-state index is 12.0. The number of rotatable bonds is 3. The van der Waals surface area contributed by atoms with Crippen molar-refractivity contribution in [2.75, 3.05) is 6.54 Å². The van der Waals surface area contributed by atoms with E-state index < -0.39 is 0 Å². The van der Waals surface area contributed by atoms with Crippen LogP contribution in [-0.4, -0.2) is 17.4 Å². The number of amides is 1. The van der Waals surface area contributed by atoms with Crippen LogP contribution in [0.1, 0.15) is 27.4 Å². The van der Waals surface area contributed by atoms with Crippen LogP contribution in [0.3, 0.4) is 0 Å². The molecule has 2 aromatic rings. The van der Waals surface area contributed by atoms with Crippen molar-refractivity contribution in [3.63, 3.8) is 0 Å². The Bertz CT molecular complexity index is 652. The number of hydrogen-bond donors (Lipinski definition) is 1. The lowest BCUT2D eigenvalue weighted by molar-refractivity contribution is 0.0950. The fraction of sp³-hybridized carbons (Fsp3) is 0.200. The van der Waals surface area contributed by atoms with Gasteiger partial charge in [-0.2, -0.15) is 0 Å².